The highest BCUT2D eigenvalue weighted by atomic mass is 16.5. The SMILES string of the molecule is CC(C=O)C(C=O)CN1CCC(C(=O)OCC=O)C1c1ccccc1. The number of likely N-dealkylation sites (tertiary alicyclic amines) is 1. The van der Waals surface area contributed by atoms with Crippen LogP contribution >= 0.6 is 0 Å². The Morgan fingerprint density at radius 2 is 1.96 bits per heavy atom. The molecule has 1 saturated heterocycles. The van der Waals surface area contributed by atoms with Gasteiger partial charge in [-0.1, -0.05) is 37.3 Å². The molecular weight excluding hydrogens is 322 g/mol. The monoisotopic (exact) mass is 345 g/mol. The largest absolute Gasteiger partial charge is 0.458 e. The zero-order chi connectivity index (χ0) is 18.2. The molecule has 1 aliphatic heterocycles. The van der Waals surface area contributed by atoms with Crippen molar-refractivity contribution in [2.24, 2.45) is 17.8 Å². The van der Waals surface area contributed by atoms with Crippen molar-refractivity contribution < 1.29 is 23.9 Å². The molecule has 0 aromatic heterocycles. The van der Waals surface area contributed by atoms with Crippen LogP contribution in [-0.2, 0) is 23.9 Å². The first kappa shape index (κ1) is 19.0. The lowest BCUT2D eigenvalue weighted by Crippen LogP contribution is -2.35. The number of aldehydes is 3. The van der Waals surface area contributed by atoms with Gasteiger partial charge in [0.25, 0.3) is 0 Å². The maximum Gasteiger partial charge on any atom is 0.311 e. The van der Waals surface area contributed by atoms with E-state index in [4.69, 9.17) is 4.74 Å². The van der Waals surface area contributed by atoms with E-state index in [0.29, 0.717) is 25.8 Å². The average molecular weight is 345 g/mol. The van der Waals surface area contributed by atoms with E-state index >= 15 is 0 Å². The summed E-state index contributed by atoms with van der Waals surface area (Å²) in [6.07, 6.45) is 2.72. The van der Waals surface area contributed by atoms with Crippen molar-refractivity contribution in [2.45, 2.75) is 19.4 Å². The van der Waals surface area contributed by atoms with Crippen molar-refractivity contribution in [2.75, 3.05) is 19.7 Å². The topological polar surface area (TPSA) is 80.8 Å². The summed E-state index contributed by atoms with van der Waals surface area (Å²) in [7, 11) is 0. The molecule has 1 aromatic carbocycles. The molecule has 1 aliphatic rings. The summed E-state index contributed by atoms with van der Waals surface area (Å²) < 4.78 is 5.02. The van der Waals surface area contributed by atoms with E-state index in [-0.39, 0.29) is 18.6 Å². The molecule has 0 radical (unpaired) electrons. The van der Waals surface area contributed by atoms with Gasteiger partial charge in [0.2, 0.25) is 0 Å². The van der Waals surface area contributed by atoms with Gasteiger partial charge in [-0.05, 0) is 18.5 Å². The summed E-state index contributed by atoms with van der Waals surface area (Å²) in [4.78, 5) is 47.3. The molecule has 1 aromatic rings. The molecule has 4 atom stereocenters. The highest BCUT2D eigenvalue weighted by Gasteiger charge is 2.41. The number of hydrogen-bond donors (Lipinski definition) is 0. The number of benzene rings is 1. The van der Waals surface area contributed by atoms with Crippen molar-refractivity contribution >= 4 is 24.8 Å². The summed E-state index contributed by atoms with van der Waals surface area (Å²) in [5.41, 5.74) is 0.955. The quantitative estimate of drug-likeness (QED) is 0.498. The molecule has 0 aliphatic carbocycles. The van der Waals surface area contributed by atoms with Gasteiger partial charge in [0, 0.05) is 24.4 Å². The Bertz CT molecular complexity index is 603. The molecule has 6 heteroatoms. The maximum absolute atomic E-state index is 12.3. The number of nitrogens with zero attached hydrogens (tertiary/aromatic N) is 1. The minimum absolute atomic E-state index is 0.235. The predicted octanol–water partition coefficient (Wildman–Crippen LogP) is 1.44. The van der Waals surface area contributed by atoms with E-state index in [2.05, 4.69) is 4.90 Å². The van der Waals surface area contributed by atoms with Crippen LogP contribution in [0.25, 0.3) is 0 Å². The Hall–Kier alpha value is -2.34. The Labute approximate surface area is 147 Å². The molecule has 0 saturated carbocycles. The van der Waals surface area contributed by atoms with Crippen molar-refractivity contribution in [1.82, 2.24) is 4.90 Å². The van der Waals surface area contributed by atoms with Gasteiger partial charge in [-0.2, -0.15) is 0 Å². The van der Waals surface area contributed by atoms with Crippen LogP contribution < -0.4 is 0 Å². The highest BCUT2D eigenvalue weighted by molar-refractivity contribution is 5.75. The lowest BCUT2D eigenvalue weighted by molar-refractivity contribution is -0.151. The van der Waals surface area contributed by atoms with Crippen LogP contribution in [0.15, 0.2) is 30.3 Å². The zero-order valence-corrected chi connectivity index (χ0v) is 14.2. The molecular formula is C19H23NO5. The molecule has 0 amide bonds. The maximum atomic E-state index is 12.3. The van der Waals surface area contributed by atoms with E-state index in [9.17, 15) is 19.2 Å². The third kappa shape index (κ3) is 4.60. The van der Waals surface area contributed by atoms with Crippen LogP contribution in [0, 0.1) is 17.8 Å². The normalized spacial score (nSPS) is 22.8. The number of rotatable bonds is 9. The summed E-state index contributed by atoms with van der Waals surface area (Å²) in [5, 5.41) is 0. The van der Waals surface area contributed by atoms with Crippen molar-refractivity contribution in [3.8, 4) is 0 Å². The van der Waals surface area contributed by atoms with E-state index in [1.807, 2.05) is 30.3 Å². The number of esters is 1. The fourth-order valence-corrected chi connectivity index (χ4v) is 3.33. The van der Waals surface area contributed by atoms with Crippen LogP contribution in [0.4, 0.5) is 0 Å². The second kappa shape index (κ2) is 9.22. The number of carbonyl (C=O) groups is 4. The summed E-state index contributed by atoms with van der Waals surface area (Å²) >= 11 is 0. The molecule has 6 nitrogen and oxygen atoms in total. The molecule has 0 bridgehead atoms. The molecule has 134 valence electrons. The van der Waals surface area contributed by atoms with Gasteiger partial charge in [-0.3, -0.25) is 14.5 Å². The van der Waals surface area contributed by atoms with Crippen molar-refractivity contribution in [3.05, 3.63) is 35.9 Å². The summed E-state index contributed by atoms with van der Waals surface area (Å²) in [6.45, 7) is 2.49. The Morgan fingerprint density at radius 3 is 2.56 bits per heavy atom. The standard InChI is InChI=1S/C19H23NO5/c1-14(12-22)16(13-23)11-20-8-7-17(19(24)25-10-9-21)18(20)15-5-3-2-4-6-15/h2-6,9,12-14,16-18H,7-8,10-11H2,1H3. The van der Waals surface area contributed by atoms with Crippen LogP contribution in [0.2, 0.25) is 0 Å². The smallest absolute Gasteiger partial charge is 0.311 e. The van der Waals surface area contributed by atoms with E-state index in [0.717, 1.165) is 18.1 Å². The molecule has 25 heavy (non-hydrogen) atoms. The van der Waals surface area contributed by atoms with E-state index in [1.54, 1.807) is 6.92 Å². The van der Waals surface area contributed by atoms with Gasteiger partial charge in [-0.15, -0.1) is 0 Å². The molecule has 0 N–H and O–H groups in total. The first-order chi connectivity index (χ1) is 12.1. The first-order valence-electron chi connectivity index (χ1n) is 8.42. The van der Waals surface area contributed by atoms with Crippen LogP contribution in [-0.4, -0.2) is 49.4 Å². The van der Waals surface area contributed by atoms with E-state index in [1.165, 1.54) is 0 Å². The lowest BCUT2D eigenvalue weighted by Gasteiger charge is -2.30. The minimum atomic E-state index is -0.423. The molecule has 2 rings (SSSR count). The molecule has 1 fully saturated rings. The fourth-order valence-electron chi connectivity index (χ4n) is 3.33. The Balaban J connectivity index is 2.23. The van der Waals surface area contributed by atoms with Gasteiger partial charge in [-0.25, -0.2) is 0 Å². The third-order valence-electron chi connectivity index (χ3n) is 4.75. The molecule has 0 spiro atoms. The predicted molar refractivity (Wildman–Crippen MR) is 90.7 cm³/mol. The van der Waals surface area contributed by atoms with Gasteiger partial charge in [0.15, 0.2) is 6.29 Å². The average Bonchev–Trinajstić information content (AvgIpc) is 3.07. The Morgan fingerprint density at radius 1 is 1.24 bits per heavy atom. The van der Waals surface area contributed by atoms with Crippen molar-refractivity contribution in [3.63, 3.8) is 0 Å². The Kier molecular flexibility index (Phi) is 7.01. The highest BCUT2D eigenvalue weighted by Crippen LogP contribution is 2.38. The number of hydrogen-bond acceptors (Lipinski definition) is 6. The fraction of sp³-hybridized carbons (Fsp3) is 0.474. The molecule has 1 heterocycles. The van der Waals surface area contributed by atoms with Crippen LogP contribution in [0.1, 0.15) is 24.9 Å². The summed E-state index contributed by atoms with van der Waals surface area (Å²) in [6, 6.07) is 9.31. The first-order valence-corrected chi connectivity index (χ1v) is 8.42. The van der Waals surface area contributed by atoms with E-state index < -0.39 is 17.8 Å². The van der Waals surface area contributed by atoms with Gasteiger partial charge < -0.3 is 14.3 Å². The van der Waals surface area contributed by atoms with Gasteiger partial charge in [0.05, 0.1) is 5.92 Å². The third-order valence-corrected chi connectivity index (χ3v) is 4.75. The van der Waals surface area contributed by atoms with Gasteiger partial charge >= 0.3 is 5.97 Å². The lowest BCUT2D eigenvalue weighted by atomic mass is 9.92. The zero-order valence-electron chi connectivity index (χ0n) is 14.2. The van der Waals surface area contributed by atoms with Gasteiger partial charge in [0.1, 0.15) is 19.2 Å². The van der Waals surface area contributed by atoms with Crippen molar-refractivity contribution in [1.29, 1.82) is 0 Å². The van der Waals surface area contributed by atoms with Crippen LogP contribution in [0.3, 0.4) is 0 Å². The minimum Gasteiger partial charge on any atom is -0.458 e. The summed E-state index contributed by atoms with van der Waals surface area (Å²) in [5.74, 6) is -1.61. The van der Waals surface area contributed by atoms with Crippen LogP contribution in [0.5, 0.6) is 0 Å². The number of carbonyl (C=O) groups excluding carboxylic acids is 4. The second-order valence-corrected chi connectivity index (χ2v) is 6.34. The number of ether oxygens (including phenoxy) is 1. The second-order valence-electron chi connectivity index (χ2n) is 6.34. The molecule has 4 unspecified atom stereocenters.